The molecule has 6 nitrogen and oxygen atoms in total. The summed E-state index contributed by atoms with van der Waals surface area (Å²) in [6.07, 6.45) is 37.1. The second-order valence-electron chi connectivity index (χ2n) is 12.9. The second kappa shape index (κ2) is 17.0. The molecule has 6 rings (SSSR count). The lowest BCUT2D eigenvalue weighted by Gasteiger charge is -2.14. The summed E-state index contributed by atoms with van der Waals surface area (Å²) in [7, 11) is 0. The van der Waals surface area contributed by atoms with Crippen LogP contribution in [-0.4, -0.2) is 36.1 Å². The molecule has 48 heavy (non-hydrogen) atoms. The Bertz CT molecular complexity index is 1700. The molecule has 5 aliphatic rings. The van der Waals surface area contributed by atoms with Crippen molar-refractivity contribution in [3.63, 3.8) is 0 Å². The summed E-state index contributed by atoms with van der Waals surface area (Å²) in [6, 6.07) is 6.29. The minimum atomic E-state index is 0.696. The van der Waals surface area contributed by atoms with Gasteiger partial charge in [-0.25, -0.2) is 20.0 Å². The first-order chi connectivity index (χ1) is 23.6. The number of fused-ring (bicyclic) bond motifs is 4. The van der Waals surface area contributed by atoms with Crippen molar-refractivity contribution in [1.82, 2.24) is 0 Å². The highest BCUT2D eigenvalue weighted by molar-refractivity contribution is 6.32. The van der Waals surface area contributed by atoms with Crippen LogP contribution in [0, 0.1) is 0 Å². The summed E-state index contributed by atoms with van der Waals surface area (Å²) < 4.78 is 12.7. The highest BCUT2D eigenvalue weighted by atomic mass is 16.5. The standard InChI is InChI=1S/C42H48N4O2/c1-3-5-7-9-11-13-21-47-39-23-31(24-40(30-39)48-22-14-12-10-8-6-4-2)41-28-38-27-36-18-17-34(44-36)25-32-15-16-33(43-32)26-35-19-20-37(45-35)29-42(41)46-38/h15-20,23-30H,3-14,21-22H2,1-2H3. The van der Waals surface area contributed by atoms with Crippen molar-refractivity contribution in [2.24, 2.45) is 20.0 Å². The van der Waals surface area contributed by atoms with Crippen LogP contribution in [0.4, 0.5) is 0 Å². The van der Waals surface area contributed by atoms with E-state index in [4.69, 9.17) is 29.4 Å². The summed E-state index contributed by atoms with van der Waals surface area (Å²) in [5.41, 5.74) is 8.89. The van der Waals surface area contributed by atoms with Crippen LogP contribution in [0.15, 0.2) is 128 Å². The Hall–Kier alpha value is -4.58. The Morgan fingerprint density at radius 3 is 1.42 bits per heavy atom. The van der Waals surface area contributed by atoms with E-state index in [9.17, 15) is 0 Å². The van der Waals surface area contributed by atoms with Gasteiger partial charge in [0.1, 0.15) is 11.5 Å². The van der Waals surface area contributed by atoms with Crippen LogP contribution in [0.2, 0.25) is 0 Å². The maximum atomic E-state index is 6.36. The lowest BCUT2D eigenvalue weighted by atomic mass is 10.00. The van der Waals surface area contributed by atoms with Gasteiger partial charge in [-0.05, 0) is 97.4 Å². The minimum absolute atomic E-state index is 0.696. The van der Waals surface area contributed by atoms with E-state index in [0.717, 1.165) is 81.1 Å². The zero-order valence-corrected chi connectivity index (χ0v) is 28.6. The number of nitrogens with zero attached hydrogens (tertiary/aromatic N) is 4. The first-order valence-corrected chi connectivity index (χ1v) is 18.0. The lowest BCUT2D eigenvalue weighted by molar-refractivity contribution is 0.289. The minimum Gasteiger partial charge on any atom is -0.493 e. The summed E-state index contributed by atoms with van der Waals surface area (Å²) >= 11 is 0. The van der Waals surface area contributed by atoms with Gasteiger partial charge in [0.15, 0.2) is 0 Å². The SMILES string of the molecule is CCCCCCCCOc1cc(OCCCCCCCC)cc(C2=CC3=CC4=NC(=CC5=NC(=CC6=NC(=CC2=N3)C=C6)C=C5)C=C4)c1. The number of aliphatic imine (C=N–C) groups is 4. The third kappa shape index (κ3) is 9.50. The first-order valence-electron chi connectivity index (χ1n) is 18.0. The number of allylic oxidation sites excluding steroid dienone is 12. The van der Waals surface area contributed by atoms with Crippen LogP contribution < -0.4 is 9.47 Å². The van der Waals surface area contributed by atoms with Gasteiger partial charge in [0.2, 0.25) is 0 Å². The van der Waals surface area contributed by atoms with Gasteiger partial charge in [0.05, 0.1) is 58.8 Å². The van der Waals surface area contributed by atoms with Crippen molar-refractivity contribution in [2.75, 3.05) is 13.2 Å². The van der Waals surface area contributed by atoms with Crippen molar-refractivity contribution < 1.29 is 9.47 Å². The van der Waals surface area contributed by atoms with E-state index < -0.39 is 0 Å². The number of unbranched alkanes of at least 4 members (excludes halogenated alkanes) is 10. The summed E-state index contributed by atoms with van der Waals surface area (Å²) in [5, 5.41) is 0. The Kier molecular flexibility index (Phi) is 11.8. The Labute approximate surface area is 286 Å². The molecular formula is C42H48N4O2. The van der Waals surface area contributed by atoms with Crippen LogP contribution in [0.1, 0.15) is 96.5 Å². The van der Waals surface area contributed by atoms with Gasteiger partial charge < -0.3 is 9.47 Å². The molecule has 1 aromatic carbocycles. The fourth-order valence-electron chi connectivity index (χ4n) is 6.17. The fourth-order valence-corrected chi connectivity index (χ4v) is 6.17. The van der Waals surface area contributed by atoms with Gasteiger partial charge in [0.25, 0.3) is 0 Å². The van der Waals surface area contributed by atoms with Crippen LogP contribution >= 0.6 is 0 Å². The molecule has 0 N–H and O–H groups in total. The summed E-state index contributed by atoms with van der Waals surface area (Å²) in [6.45, 7) is 5.90. The van der Waals surface area contributed by atoms with Gasteiger partial charge in [-0.15, -0.1) is 0 Å². The number of hydrogen-bond acceptors (Lipinski definition) is 6. The molecule has 8 bridgehead atoms. The normalized spacial score (nSPS) is 17.3. The van der Waals surface area contributed by atoms with Crippen LogP contribution in [0.5, 0.6) is 11.5 Å². The Morgan fingerprint density at radius 2 is 0.896 bits per heavy atom. The molecule has 6 heteroatoms. The monoisotopic (exact) mass is 640 g/mol. The molecule has 1 aromatic rings. The number of rotatable bonds is 17. The van der Waals surface area contributed by atoms with Crippen LogP contribution in [-0.2, 0) is 0 Å². The second-order valence-corrected chi connectivity index (χ2v) is 12.9. The molecule has 0 amide bonds. The molecule has 0 unspecified atom stereocenters. The molecule has 0 atom stereocenters. The molecule has 0 aliphatic carbocycles. The van der Waals surface area contributed by atoms with E-state index in [1.54, 1.807) is 0 Å². The average Bonchev–Trinajstić information content (AvgIpc) is 3.90. The van der Waals surface area contributed by atoms with Crippen molar-refractivity contribution in [3.05, 3.63) is 113 Å². The molecule has 5 aliphatic heterocycles. The van der Waals surface area contributed by atoms with Gasteiger partial charge in [-0.2, -0.15) is 0 Å². The van der Waals surface area contributed by atoms with E-state index in [1.165, 1.54) is 64.2 Å². The number of hydrogen-bond donors (Lipinski definition) is 0. The van der Waals surface area contributed by atoms with Gasteiger partial charge in [-0.1, -0.05) is 78.1 Å². The maximum Gasteiger partial charge on any atom is 0.123 e. The smallest absolute Gasteiger partial charge is 0.123 e. The summed E-state index contributed by atoms with van der Waals surface area (Å²) in [5.74, 6) is 1.66. The van der Waals surface area contributed by atoms with Crippen molar-refractivity contribution in [1.29, 1.82) is 0 Å². The third-order valence-corrected chi connectivity index (χ3v) is 8.76. The fraction of sp³-hybridized carbons (Fsp3) is 0.381. The van der Waals surface area contributed by atoms with E-state index in [0.29, 0.717) is 13.2 Å². The molecule has 0 aromatic heterocycles. The highest BCUT2D eigenvalue weighted by Crippen LogP contribution is 2.34. The average molecular weight is 641 g/mol. The molecule has 0 saturated carbocycles. The zero-order valence-electron chi connectivity index (χ0n) is 28.6. The topological polar surface area (TPSA) is 67.9 Å². The van der Waals surface area contributed by atoms with Gasteiger partial charge in [-0.3, -0.25) is 0 Å². The first kappa shape index (κ1) is 33.3. The van der Waals surface area contributed by atoms with E-state index in [2.05, 4.69) is 38.1 Å². The largest absolute Gasteiger partial charge is 0.493 e. The van der Waals surface area contributed by atoms with E-state index >= 15 is 0 Å². The predicted octanol–water partition coefficient (Wildman–Crippen LogP) is 10.6. The van der Waals surface area contributed by atoms with Gasteiger partial charge >= 0.3 is 0 Å². The van der Waals surface area contributed by atoms with Gasteiger partial charge in [0, 0.05) is 11.6 Å². The van der Waals surface area contributed by atoms with Crippen molar-refractivity contribution in [3.8, 4) is 11.5 Å². The number of ether oxygens (including phenoxy) is 2. The molecule has 0 saturated heterocycles. The van der Waals surface area contributed by atoms with E-state index in [-0.39, 0.29) is 0 Å². The highest BCUT2D eigenvalue weighted by Gasteiger charge is 2.20. The van der Waals surface area contributed by atoms with Crippen LogP contribution in [0.3, 0.4) is 0 Å². The molecule has 248 valence electrons. The Morgan fingerprint density at radius 1 is 0.438 bits per heavy atom. The molecule has 0 radical (unpaired) electrons. The lowest BCUT2D eigenvalue weighted by Crippen LogP contribution is -2.03. The molecule has 5 heterocycles. The molecular weight excluding hydrogens is 592 g/mol. The zero-order chi connectivity index (χ0) is 33.0. The predicted molar refractivity (Wildman–Crippen MR) is 202 cm³/mol. The maximum absolute atomic E-state index is 6.36. The van der Waals surface area contributed by atoms with Crippen molar-refractivity contribution >= 4 is 28.4 Å². The quantitative estimate of drug-likeness (QED) is 0.159. The Balaban J connectivity index is 1.27. The third-order valence-electron chi connectivity index (χ3n) is 8.76. The molecule has 0 fully saturated rings. The van der Waals surface area contributed by atoms with Crippen LogP contribution in [0.25, 0.3) is 5.57 Å². The van der Waals surface area contributed by atoms with Crippen molar-refractivity contribution in [2.45, 2.75) is 90.9 Å². The molecule has 0 spiro atoms. The number of benzene rings is 1. The summed E-state index contributed by atoms with van der Waals surface area (Å²) in [4.78, 5) is 19.5. The van der Waals surface area contributed by atoms with E-state index in [1.807, 2.05) is 60.8 Å².